The first-order valence-corrected chi connectivity index (χ1v) is 13.4. The highest BCUT2D eigenvalue weighted by molar-refractivity contribution is 5.64. The summed E-state index contributed by atoms with van der Waals surface area (Å²) in [6.07, 6.45) is 23.9. The molecule has 0 amide bonds. The first kappa shape index (κ1) is 30.4. The highest BCUT2D eigenvalue weighted by Crippen LogP contribution is 2.20. The molecule has 0 rings (SSSR count). The van der Waals surface area contributed by atoms with Crippen LogP contribution in [0.3, 0.4) is 0 Å². The number of carboxylic acids is 1. The maximum Gasteiger partial charge on any atom is 0.111 e. The lowest BCUT2D eigenvalue weighted by Crippen LogP contribution is -2.51. The quantitative estimate of drug-likeness (QED) is 0.156. The molecule has 186 valence electrons. The van der Waals surface area contributed by atoms with Crippen molar-refractivity contribution in [1.29, 1.82) is 0 Å². The molecular weight excluding hydrogens is 386 g/mol. The summed E-state index contributed by atoms with van der Waals surface area (Å²) in [6.45, 7) is 5.25. The molecule has 1 atom stereocenters. The van der Waals surface area contributed by atoms with Gasteiger partial charge in [-0.3, -0.25) is 0 Å². The van der Waals surface area contributed by atoms with E-state index in [0.29, 0.717) is 17.6 Å². The predicted molar refractivity (Wildman–Crippen MR) is 131 cm³/mol. The Morgan fingerprint density at radius 2 is 1.10 bits per heavy atom. The van der Waals surface area contributed by atoms with Gasteiger partial charge in [0.25, 0.3) is 0 Å². The molecule has 0 saturated heterocycles. The first-order chi connectivity index (χ1) is 14.7. The second kappa shape index (κ2) is 18.9. The number of rotatable bonds is 23. The van der Waals surface area contributed by atoms with Crippen LogP contribution in [0.25, 0.3) is 0 Å². The third-order valence-electron chi connectivity index (χ3n) is 6.51. The van der Waals surface area contributed by atoms with E-state index in [1.54, 1.807) is 0 Å². The molecule has 0 radical (unpaired) electrons. The SMILES string of the molecule is CCCCCCCCCCCCCCCCCCCC(C)(O)C[N+](C)(C)CCC(=O)[O-]. The number of carbonyl (C=O) groups excluding carboxylic acids is 1. The van der Waals surface area contributed by atoms with Gasteiger partial charge in [-0.05, 0) is 13.3 Å². The molecule has 1 N–H and O–H groups in total. The topological polar surface area (TPSA) is 60.4 Å². The number of aliphatic carboxylic acids is 1. The minimum absolute atomic E-state index is 0.0439. The molecule has 0 aliphatic rings. The Morgan fingerprint density at radius 1 is 0.742 bits per heavy atom. The van der Waals surface area contributed by atoms with E-state index in [1.807, 2.05) is 21.0 Å². The van der Waals surface area contributed by atoms with Gasteiger partial charge in [-0.2, -0.15) is 0 Å². The van der Waals surface area contributed by atoms with E-state index in [4.69, 9.17) is 0 Å². The number of quaternary nitrogens is 1. The molecule has 4 heteroatoms. The zero-order chi connectivity index (χ0) is 23.4. The summed E-state index contributed by atoms with van der Waals surface area (Å²) in [5.74, 6) is -1.01. The van der Waals surface area contributed by atoms with Crippen LogP contribution in [-0.2, 0) is 4.79 Å². The van der Waals surface area contributed by atoms with Crippen molar-refractivity contribution in [2.24, 2.45) is 0 Å². The average Bonchev–Trinajstić information content (AvgIpc) is 2.68. The van der Waals surface area contributed by atoms with E-state index in [-0.39, 0.29) is 6.42 Å². The van der Waals surface area contributed by atoms with Crippen LogP contribution < -0.4 is 5.11 Å². The van der Waals surface area contributed by atoms with Crippen LogP contribution in [0.15, 0.2) is 0 Å². The third-order valence-corrected chi connectivity index (χ3v) is 6.51. The van der Waals surface area contributed by atoms with Gasteiger partial charge < -0.3 is 19.5 Å². The van der Waals surface area contributed by atoms with E-state index in [1.165, 1.54) is 103 Å². The van der Waals surface area contributed by atoms with E-state index in [0.717, 1.165) is 12.8 Å². The van der Waals surface area contributed by atoms with Crippen LogP contribution in [0.2, 0.25) is 0 Å². The van der Waals surface area contributed by atoms with Crippen LogP contribution in [0.1, 0.15) is 136 Å². The monoisotopic (exact) mass is 441 g/mol. The molecular formula is C27H55NO3. The Hall–Kier alpha value is -0.610. The minimum atomic E-state index is -1.01. The zero-order valence-electron chi connectivity index (χ0n) is 21.6. The van der Waals surface area contributed by atoms with Crippen molar-refractivity contribution in [2.45, 2.75) is 141 Å². The van der Waals surface area contributed by atoms with E-state index in [2.05, 4.69) is 6.92 Å². The molecule has 0 aliphatic carbocycles. The van der Waals surface area contributed by atoms with Crippen molar-refractivity contribution in [2.75, 3.05) is 27.2 Å². The molecule has 0 bridgehead atoms. The summed E-state index contributed by atoms with van der Waals surface area (Å²) in [6, 6.07) is 0. The molecule has 0 aromatic heterocycles. The average molecular weight is 442 g/mol. The van der Waals surface area contributed by atoms with Crippen molar-refractivity contribution in [3.8, 4) is 0 Å². The number of likely N-dealkylation sites (N-methyl/N-ethyl adjacent to an activating group) is 1. The molecule has 4 nitrogen and oxygen atoms in total. The fraction of sp³-hybridized carbons (Fsp3) is 0.963. The van der Waals surface area contributed by atoms with Crippen molar-refractivity contribution < 1.29 is 19.5 Å². The molecule has 0 spiro atoms. The Bertz CT molecular complexity index is 421. The third kappa shape index (κ3) is 22.4. The van der Waals surface area contributed by atoms with Crippen molar-refractivity contribution in [3.63, 3.8) is 0 Å². The second-order valence-corrected chi connectivity index (χ2v) is 10.8. The maximum absolute atomic E-state index is 10.7. The summed E-state index contributed by atoms with van der Waals surface area (Å²) in [7, 11) is 3.96. The number of nitrogens with zero attached hydrogens (tertiary/aromatic N) is 1. The fourth-order valence-corrected chi connectivity index (χ4v) is 4.70. The van der Waals surface area contributed by atoms with Crippen LogP contribution in [0.5, 0.6) is 0 Å². The summed E-state index contributed by atoms with van der Waals surface area (Å²) < 4.78 is 0.514. The van der Waals surface area contributed by atoms with Gasteiger partial charge in [-0.15, -0.1) is 0 Å². The largest absolute Gasteiger partial charge is 0.550 e. The Labute approximate surface area is 194 Å². The summed E-state index contributed by atoms with van der Waals surface area (Å²) in [5, 5.41) is 21.3. The van der Waals surface area contributed by atoms with E-state index < -0.39 is 11.6 Å². The van der Waals surface area contributed by atoms with Gasteiger partial charge in [-0.1, -0.05) is 116 Å². The number of carbonyl (C=O) groups is 1. The lowest BCUT2D eigenvalue weighted by Gasteiger charge is -2.36. The second-order valence-electron chi connectivity index (χ2n) is 10.8. The molecule has 0 aromatic carbocycles. The van der Waals surface area contributed by atoms with Crippen LogP contribution in [0.4, 0.5) is 0 Å². The van der Waals surface area contributed by atoms with Crippen molar-refractivity contribution in [3.05, 3.63) is 0 Å². The maximum atomic E-state index is 10.7. The van der Waals surface area contributed by atoms with Crippen LogP contribution in [-0.4, -0.2) is 48.3 Å². The Morgan fingerprint density at radius 3 is 1.45 bits per heavy atom. The summed E-state index contributed by atoms with van der Waals surface area (Å²) in [4.78, 5) is 10.7. The summed E-state index contributed by atoms with van der Waals surface area (Å²) >= 11 is 0. The minimum Gasteiger partial charge on any atom is -0.550 e. The lowest BCUT2D eigenvalue weighted by molar-refractivity contribution is -0.896. The smallest absolute Gasteiger partial charge is 0.111 e. The Balaban J connectivity index is 3.46. The number of carboxylic acid groups (broad SMARTS) is 1. The molecule has 0 aromatic rings. The molecule has 31 heavy (non-hydrogen) atoms. The highest BCUT2D eigenvalue weighted by Gasteiger charge is 2.29. The van der Waals surface area contributed by atoms with Crippen LogP contribution >= 0.6 is 0 Å². The van der Waals surface area contributed by atoms with Gasteiger partial charge in [0.05, 0.1) is 20.6 Å². The zero-order valence-corrected chi connectivity index (χ0v) is 21.6. The van der Waals surface area contributed by atoms with E-state index >= 15 is 0 Å². The molecule has 0 fully saturated rings. The van der Waals surface area contributed by atoms with Gasteiger partial charge >= 0.3 is 0 Å². The van der Waals surface area contributed by atoms with Crippen LogP contribution in [0, 0.1) is 0 Å². The molecule has 0 saturated carbocycles. The number of unbranched alkanes of at least 4 members (excludes halogenated alkanes) is 16. The van der Waals surface area contributed by atoms with E-state index in [9.17, 15) is 15.0 Å². The first-order valence-electron chi connectivity index (χ1n) is 13.4. The normalized spacial score (nSPS) is 14.0. The fourth-order valence-electron chi connectivity index (χ4n) is 4.70. The highest BCUT2D eigenvalue weighted by atomic mass is 16.4. The molecule has 0 aliphatic heterocycles. The van der Waals surface area contributed by atoms with Crippen molar-refractivity contribution in [1.82, 2.24) is 0 Å². The van der Waals surface area contributed by atoms with Gasteiger partial charge in [-0.25, -0.2) is 0 Å². The summed E-state index contributed by atoms with van der Waals surface area (Å²) in [5.41, 5.74) is -0.731. The van der Waals surface area contributed by atoms with Gasteiger partial charge in [0, 0.05) is 12.4 Å². The Kier molecular flexibility index (Phi) is 18.5. The number of hydrogen-bond donors (Lipinski definition) is 1. The van der Waals surface area contributed by atoms with Gasteiger partial charge in [0.1, 0.15) is 12.1 Å². The van der Waals surface area contributed by atoms with Gasteiger partial charge in [0.2, 0.25) is 0 Å². The standard InChI is InChI=1S/C27H55NO3/c1-5-6-7-8-9-10-11-12-13-14-15-16-17-18-19-20-21-23-27(2,31)25-28(3,4)24-22-26(29)30/h31H,5-25H2,1-4H3. The predicted octanol–water partition coefficient (Wildman–Crippen LogP) is 6.00. The number of hydrogen-bond acceptors (Lipinski definition) is 3. The van der Waals surface area contributed by atoms with Gasteiger partial charge in [0.15, 0.2) is 0 Å². The lowest BCUT2D eigenvalue weighted by atomic mass is 9.96. The van der Waals surface area contributed by atoms with Crippen molar-refractivity contribution >= 4 is 5.97 Å². The molecule has 1 unspecified atom stereocenters. The number of aliphatic hydroxyl groups is 1. The molecule has 0 heterocycles.